The molecule has 3 nitrogen and oxygen atoms in total. The average molecular weight is 191 g/mol. The largest absolute Gasteiger partial charge is 0.280 e. The molecule has 5 heteroatoms. The molecule has 0 N–H and O–H groups in total. The van der Waals surface area contributed by atoms with Crippen LogP contribution in [-0.4, -0.2) is 35.4 Å². The Kier molecular flexibility index (Phi) is 3.01. The molecule has 0 saturated carbocycles. The van der Waals surface area contributed by atoms with E-state index in [0.29, 0.717) is 0 Å². The predicted molar refractivity (Wildman–Crippen MR) is 41.3 cm³/mol. The summed E-state index contributed by atoms with van der Waals surface area (Å²) >= 11 is 5.12. The highest BCUT2D eigenvalue weighted by Crippen LogP contribution is 2.19. The number of carbonyl (C=O) groups is 1. The van der Waals surface area contributed by atoms with Crippen molar-refractivity contribution in [3.05, 3.63) is 0 Å². The first kappa shape index (κ1) is 9.43. The van der Waals surface area contributed by atoms with E-state index in [4.69, 9.17) is 16.9 Å². The highest BCUT2D eigenvalue weighted by atomic mass is 35.5. The molecule has 1 aliphatic rings. The molecule has 12 heavy (non-hydrogen) atoms. The van der Waals surface area contributed by atoms with E-state index in [1.807, 2.05) is 6.07 Å². The lowest BCUT2D eigenvalue weighted by Crippen LogP contribution is -2.32. The quantitative estimate of drug-likeness (QED) is 0.602. The minimum absolute atomic E-state index is 0.0415. The zero-order chi connectivity index (χ0) is 9.14. The van der Waals surface area contributed by atoms with Crippen LogP contribution in [0.2, 0.25) is 0 Å². The smallest absolute Gasteiger partial charge is 0.235 e. The summed E-state index contributed by atoms with van der Waals surface area (Å²) in [5, 5.41) is 8.00. The monoisotopic (exact) mass is 190 g/mol. The van der Waals surface area contributed by atoms with Crippen molar-refractivity contribution in [1.82, 2.24) is 4.90 Å². The van der Waals surface area contributed by atoms with Gasteiger partial charge in [-0.3, -0.25) is 9.69 Å². The maximum absolute atomic E-state index is 12.7. The van der Waals surface area contributed by atoms with E-state index in [2.05, 4.69) is 0 Å². The Labute approximate surface area is 74.7 Å². The summed E-state index contributed by atoms with van der Waals surface area (Å²) in [6, 6.07) is 1.43. The second-order valence-electron chi connectivity index (χ2n) is 2.76. The van der Waals surface area contributed by atoms with Gasteiger partial charge in [0.1, 0.15) is 12.2 Å². The number of likely N-dealkylation sites (tertiary alicyclic amines) is 1. The van der Waals surface area contributed by atoms with E-state index < -0.39 is 17.5 Å². The van der Waals surface area contributed by atoms with Gasteiger partial charge in [0, 0.05) is 13.0 Å². The Bertz CT molecular complexity index is 228. The lowest BCUT2D eigenvalue weighted by Gasteiger charge is -2.14. The summed E-state index contributed by atoms with van der Waals surface area (Å²) in [5.74, 6) is 0. The number of hydrogen-bond acceptors (Lipinski definition) is 3. The highest BCUT2D eigenvalue weighted by molar-refractivity contribution is 6.64. The van der Waals surface area contributed by atoms with E-state index in [9.17, 15) is 9.18 Å². The Hall–Kier alpha value is -0.660. The molecule has 0 spiro atoms. The SMILES string of the molecule is N#C[C@@H]1C[C@H](F)CN1CC(=O)Cl. The van der Waals surface area contributed by atoms with Crippen molar-refractivity contribution < 1.29 is 9.18 Å². The van der Waals surface area contributed by atoms with Crippen LogP contribution >= 0.6 is 11.6 Å². The van der Waals surface area contributed by atoms with Gasteiger partial charge in [-0.1, -0.05) is 0 Å². The molecule has 0 aromatic heterocycles. The molecule has 0 bridgehead atoms. The van der Waals surface area contributed by atoms with Crippen molar-refractivity contribution in [2.45, 2.75) is 18.6 Å². The second-order valence-corrected chi connectivity index (χ2v) is 3.18. The minimum atomic E-state index is -1.01. The lowest BCUT2D eigenvalue weighted by atomic mass is 10.2. The van der Waals surface area contributed by atoms with Gasteiger partial charge in [-0.15, -0.1) is 0 Å². The van der Waals surface area contributed by atoms with Gasteiger partial charge >= 0.3 is 0 Å². The average Bonchev–Trinajstić information content (AvgIpc) is 2.29. The van der Waals surface area contributed by atoms with Gasteiger partial charge in [0.25, 0.3) is 0 Å². The molecule has 0 unspecified atom stereocenters. The summed E-state index contributed by atoms with van der Waals surface area (Å²) in [5.41, 5.74) is 0. The molecule has 0 amide bonds. The molecular formula is C7H8ClFN2O. The van der Waals surface area contributed by atoms with E-state index in [1.54, 1.807) is 0 Å². The normalized spacial score (nSPS) is 30.1. The van der Waals surface area contributed by atoms with Gasteiger partial charge in [-0.2, -0.15) is 5.26 Å². The Morgan fingerprint density at radius 1 is 1.83 bits per heavy atom. The molecule has 1 aliphatic heterocycles. The second kappa shape index (κ2) is 3.83. The lowest BCUT2D eigenvalue weighted by molar-refractivity contribution is -0.112. The number of hydrogen-bond donors (Lipinski definition) is 0. The zero-order valence-corrected chi connectivity index (χ0v) is 7.09. The summed E-state index contributed by atoms with van der Waals surface area (Å²) in [7, 11) is 0. The molecule has 1 saturated heterocycles. The van der Waals surface area contributed by atoms with E-state index >= 15 is 0 Å². The molecule has 0 aromatic carbocycles. The highest BCUT2D eigenvalue weighted by Gasteiger charge is 2.32. The third-order valence-corrected chi connectivity index (χ3v) is 1.95. The standard InChI is InChI=1S/C7H8ClFN2O/c8-7(12)4-11-3-5(9)1-6(11)2-10/h5-6H,1,3-4H2/t5-,6-/m0/s1. The van der Waals surface area contributed by atoms with Gasteiger partial charge < -0.3 is 0 Å². The van der Waals surface area contributed by atoms with Gasteiger partial charge in [0.05, 0.1) is 12.6 Å². The molecule has 1 heterocycles. The van der Waals surface area contributed by atoms with Crippen molar-refractivity contribution in [1.29, 1.82) is 5.26 Å². The molecule has 0 radical (unpaired) electrons. The Balaban J connectivity index is 2.53. The molecule has 1 rings (SSSR count). The van der Waals surface area contributed by atoms with Gasteiger partial charge in [-0.25, -0.2) is 4.39 Å². The minimum Gasteiger partial charge on any atom is -0.280 e. The molecule has 0 aromatic rings. The number of nitrogens with zero attached hydrogens (tertiary/aromatic N) is 2. The van der Waals surface area contributed by atoms with Crippen LogP contribution in [0.1, 0.15) is 6.42 Å². The van der Waals surface area contributed by atoms with Crippen LogP contribution in [0.5, 0.6) is 0 Å². The Morgan fingerprint density at radius 2 is 2.50 bits per heavy atom. The van der Waals surface area contributed by atoms with Crippen molar-refractivity contribution in [3.8, 4) is 6.07 Å². The third kappa shape index (κ3) is 2.16. The molecule has 66 valence electrons. The number of carbonyl (C=O) groups excluding carboxylic acids is 1. The number of halogens is 2. The molecule has 0 aliphatic carbocycles. The van der Waals surface area contributed by atoms with Crippen molar-refractivity contribution in [2.24, 2.45) is 0 Å². The van der Waals surface area contributed by atoms with Crippen molar-refractivity contribution >= 4 is 16.8 Å². The van der Waals surface area contributed by atoms with Crippen LogP contribution in [0.3, 0.4) is 0 Å². The number of rotatable bonds is 2. The predicted octanol–water partition coefficient (Wildman–Crippen LogP) is 0.688. The number of nitriles is 1. The van der Waals surface area contributed by atoms with Gasteiger partial charge in [-0.05, 0) is 11.6 Å². The van der Waals surface area contributed by atoms with Gasteiger partial charge in [0.15, 0.2) is 0 Å². The molecule has 1 fully saturated rings. The van der Waals surface area contributed by atoms with Crippen LogP contribution in [0.15, 0.2) is 0 Å². The van der Waals surface area contributed by atoms with Crippen LogP contribution in [0.25, 0.3) is 0 Å². The third-order valence-electron chi connectivity index (χ3n) is 1.83. The fraction of sp³-hybridized carbons (Fsp3) is 0.714. The van der Waals surface area contributed by atoms with Crippen molar-refractivity contribution in [3.63, 3.8) is 0 Å². The molecular weight excluding hydrogens is 183 g/mol. The van der Waals surface area contributed by atoms with Crippen molar-refractivity contribution in [2.75, 3.05) is 13.1 Å². The van der Waals surface area contributed by atoms with E-state index in [0.717, 1.165) is 0 Å². The first-order valence-electron chi connectivity index (χ1n) is 3.59. The molecule has 2 atom stereocenters. The van der Waals surface area contributed by atoms with Crippen LogP contribution in [0, 0.1) is 11.3 Å². The summed E-state index contributed by atoms with van der Waals surface area (Å²) in [6.45, 7) is 0.0941. The zero-order valence-electron chi connectivity index (χ0n) is 6.33. The fourth-order valence-corrected chi connectivity index (χ4v) is 1.47. The summed E-state index contributed by atoms with van der Waals surface area (Å²) < 4.78 is 12.7. The fourth-order valence-electron chi connectivity index (χ4n) is 1.32. The van der Waals surface area contributed by atoms with Crippen LogP contribution in [0.4, 0.5) is 4.39 Å². The Morgan fingerprint density at radius 3 is 3.00 bits per heavy atom. The van der Waals surface area contributed by atoms with E-state index in [-0.39, 0.29) is 19.5 Å². The maximum atomic E-state index is 12.7. The first-order chi connectivity index (χ1) is 5.63. The first-order valence-corrected chi connectivity index (χ1v) is 3.97. The summed E-state index contributed by atoms with van der Waals surface area (Å²) in [6.07, 6.45) is -0.827. The van der Waals surface area contributed by atoms with E-state index in [1.165, 1.54) is 4.90 Å². The topological polar surface area (TPSA) is 44.1 Å². The number of alkyl halides is 1. The van der Waals surface area contributed by atoms with Crippen LogP contribution in [-0.2, 0) is 4.79 Å². The van der Waals surface area contributed by atoms with Gasteiger partial charge in [0.2, 0.25) is 5.24 Å². The van der Waals surface area contributed by atoms with Crippen LogP contribution < -0.4 is 0 Å². The maximum Gasteiger partial charge on any atom is 0.235 e. The summed E-state index contributed by atoms with van der Waals surface area (Å²) in [4.78, 5) is 11.9.